The smallest absolute Gasteiger partial charge is 0.122 e. The first-order valence-electron chi connectivity index (χ1n) is 3.16. The minimum Gasteiger partial charge on any atom is -0.376 e. The second-order valence-corrected chi connectivity index (χ2v) is 3.04. The molecule has 61 valence electrons. The van der Waals surface area contributed by atoms with E-state index in [9.17, 15) is 9.59 Å². The van der Waals surface area contributed by atoms with Crippen LogP contribution in [0.5, 0.6) is 0 Å². The Morgan fingerprint density at radius 3 is 2.75 bits per heavy atom. The summed E-state index contributed by atoms with van der Waals surface area (Å²) in [6.45, 7) is 1.51. The van der Waals surface area contributed by atoms with Crippen molar-refractivity contribution in [2.45, 2.75) is 13.3 Å². The molecule has 0 aliphatic carbocycles. The average molecular weight is 256 g/mol. The van der Waals surface area contributed by atoms with Crippen LogP contribution in [0.3, 0.4) is 0 Å². The maximum atomic E-state index is 10.7. The van der Waals surface area contributed by atoms with Crippen molar-refractivity contribution in [2.24, 2.45) is 0 Å². The van der Waals surface area contributed by atoms with Crippen molar-refractivity contribution in [3.05, 3.63) is 21.9 Å². The fourth-order valence-electron chi connectivity index (χ4n) is 0.818. The summed E-state index contributed by atoms with van der Waals surface area (Å²) in [5.41, 5.74) is 1.31. The fourth-order valence-corrected chi connectivity index (χ4v) is 1.60. The van der Waals surface area contributed by atoms with Gasteiger partial charge in [-0.3, -0.25) is 0 Å². The number of thiophene rings is 1. The van der Waals surface area contributed by atoms with Gasteiger partial charge in [0.2, 0.25) is 0 Å². The number of Topliss-reactive ketones (excluding diaryl/α,β-unsaturated/α-hetero) is 1. The third-order valence-corrected chi connectivity index (χ3v) is 2.08. The molecule has 4 heteroatoms. The zero-order valence-corrected chi connectivity index (χ0v) is 10.3. The van der Waals surface area contributed by atoms with E-state index in [1.807, 2.05) is 5.38 Å². The van der Waals surface area contributed by atoms with Gasteiger partial charge in [0.25, 0.3) is 0 Å². The van der Waals surface area contributed by atoms with Crippen LogP contribution >= 0.6 is 11.3 Å². The van der Waals surface area contributed by atoms with Crippen molar-refractivity contribution < 1.29 is 42.3 Å². The maximum Gasteiger partial charge on any atom is 0.122 e. The van der Waals surface area contributed by atoms with Crippen molar-refractivity contribution in [3.63, 3.8) is 0 Å². The van der Waals surface area contributed by atoms with E-state index >= 15 is 0 Å². The minimum atomic E-state index is 0. The molecule has 1 aromatic rings. The second kappa shape index (κ2) is 5.73. The van der Waals surface area contributed by atoms with Crippen LogP contribution in [0.15, 0.2) is 10.8 Å². The zero-order chi connectivity index (χ0) is 8.27. The SMILES string of the molecule is CC(=O)Cc1cscc1[C-]=O.[Y]. The van der Waals surface area contributed by atoms with Gasteiger partial charge in [-0.25, -0.2) is 11.3 Å². The Bertz CT molecular complexity index is 280. The van der Waals surface area contributed by atoms with Crippen molar-refractivity contribution in [1.29, 1.82) is 0 Å². The Kier molecular flexibility index (Phi) is 5.80. The van der Waals surface area contributed by atoms with Gasteiger partial charge >= 0.3 is 0 Å². The predicted molar refractivity (Wildman–Crippen MR) is 43.5 cm³/mol. The minimum absolute atomic E-state index is 0. The summed E-state index contributed by atoms with van der Waals surface area (Å²) >= 11 is 1.42. The first kappa shape index (κ1) is 12.1. The van der Waals surface area contributed by atoms with Gasteiger partial charge in [0.15, 0.2) is 0 Å². The topological polar surface area (TPSA) is 34.1 Å². The third kappa shape index (κ3) is 3.25. The van der Waals surface area contributed by atoms with Crippen molar-refractivity contribution in [1.82, 2.24) is 0 Å². The number of ketones is 1. The summed E-state index contributed by atoms with van der Waals surface area (Å²) in [5.74, 6) is 0.0694. The molecule has 0 saturated heterocycles. The van der Waals surface area contributed by atoms with E-state index in [0.717, 1.165) is 5.56 Å². The third-order valence-electron chi connectivity index (χ3n) is 1.29. The molecule has 0 atom stereocenters. The molecule has 0 bridgehead atoms. The Balaban J connectivity index is 0.00000121. The largest absolute Gasteiger partial charge is 0.376 e. The van der Waals surface area contributed by atoms with Gasteiger partial charge in [-0.2, -0.15) is 0 Å². The van der Waals surface area contributed by atoms with Crippen molar-refractivity contribution in [2.75, 3.05) is 0 Å². The van der Waals surface area contributed by atoms with E-state index in [1.165, 1.54) is 18.3 Å². The fraction of sp³-hybridized carbons (Fsp3) is 0.250. The number of carbonyl (C=O) groups is 1. The molecule has 0 aliphatic heterocycles. The predicted octanol–water partition coefficient (Wildman–Crippen LogP) is 1.33. The van der Waals surface area contributed by atoms with Crippen molar-refractivity contribution in [3.8, 4) is 0 Å². The van der Waals surface area contributed by atoms with Gasteiger partial charge in [-0.15, -0.1) is 16.5 Å². The Morgan fingerprint density at radius 1 is 1.58 bits per heavy atom. The number of rotatable bonds is 3. The molecule has 1 rings (SSSR count). The van der Waals surface area contributed by atoms with Crippen molar-refractivity contribution >= 4 is 23.4 Å². The molecule has 0 aliphatic rings. The molecule has 1 heterocycles. The summed E-state index contributed by atoms with van der Waals surface area (Å²) in [4.78, 5) is 20.9. The molecule has 0 unspecified atom stereocenters. The van der Waals surface area contributed by atoms with Crippen LogP contribution in [-0.4, -0.2) is 12.1 Å². The molecular weight excluding hydrogens is 249 g/mol. The number of hydrogen-bond acceptors (Lipinski definition) is 3. The van der Waals surface area contributed by atoms with Gasteiger partial charge in [-0.05, 0) is 13.3 Å². The summed E-state index contributed by atoms with van der Waals surface area (Å²) in [5, 5.41) is 3.51. The Labute approximate surface area is 100 Å². The van der Waals surface area contributed by atoms with E-state index < -0.39 is 0 Å². The Morgan fingerprint density at radius 2 is 2.25 bits per heavy atom. The molecule has 0 amide bonds. The molecule has 0 aromatic carbocycles. The normalized spacial score (nSPS) is 8.75. The summed E-state index contributed by atoms with van der Waals surface area (Å²) in [7, 11) is 0. The molecular formula is C8H7O2SY-. The molecule has 1 aromatic heterocycles. The summed E-state index contributed by atoms with van der Waals surface area (Å²) < 4.78 is 0. The van der Waals surface area contributed by atoms with E-state index in [1.54, 1.807) is 11.7 Å². The standard InChI is InChI=1S/C8H7O2S.Y/c1-6(10)2-7-4-11-5-8(7)3-9;/h4-5H,2H2,1H3;/q-1;. The average Bonchev–Trinajstić information content (AvgIpc) is 2.34. The molecule has 0 fully saturated rings. The van der Waals surface area contributed by atoms with Crippen LogP contribution in [0.2, 0.25) is 0 Å². The van der Waals surface area contributed by atoms with Crippen LogP contribution in [0.1, 0.15) is 18.1 Å². The van der Waals surface area contributed by atoms with Crippen LogP contribution in [0, 0.1) is 0 Å². The summed E-state index contributed by atoms with van der Waals surface area (Å²) in [6.07, 6.45) is 2.13. The van der Waals surface area contributed by atoms with E-state index in [4.69, 9.17) is 0 Å². The van der Waals surface area contributed by atoms with Gasteiger partial charge in [0, 0.05) is 32.7 Å². The van der Waals surface area contributed by atoms with Crippen LogP contribution in [0.25, 0.3) is 0 Å². The summed E-state index contributed by atoms with van der Waals surface area (Å²) in [6, 6.07) is 0. The van der Waals surface area contributed by atoms with Gasteiger partial charge < -0.3 is 9.59 Å². The second-order valence-electron chi connectivity index (χ2n) is 2.29. The molecule has 2 nitrogen and oxygen atoms in total. The van der Waals surface area contributed by atoms with Crippen LogP contribution in [0.4, 0.5) is 0 Å². The van der Waals surface area contributed by atoms with Crippen LogP contribution in [-0.2, 0) is 48.7 Å². The molecule has 1 radical (unpaired) electrons. The number of hydrogen-bond donors (Lipinski definition) is 0. The first-order chi connectivity index (χ1) is 5.24. The van der Waals surface area contributed by atoms with E-state index in [2.05, 4.69) is 0 Å². The monoisotopic (exact) mass is 256 g/mol. The van der Waals surface area contributed by atoms with Gasteiger partial charge in [0.1, 0.15) is 5.78 Å². The van der Waals surface area contributed by atoms with E-state index in [-0.39, 0.29) is 38.5 Å². The molecule has 0 saturated carbocycles. The van der Waals surface area contributed by atoms with Crippen LogP contribution < -0.4 is 0 Å². The Hall–Kier alpha value is 0.144. The molecule has 0 N–H and O–H groups in total. The van der Waals surface area contributed by atoms with Gasteiger partial charge in [-0.1, -0.05) is 5.38 Å². The molecule has 0 spiro atoms. The molecule has 12 heavy (non-hydrogen) atoms. The zero-order valence-electron chi connectivity index (χ0n) is 6.66. The van der Waals surface area contributed by atoms with Gasteiger partial charge in [0.05, 0.1) is 6.29 Å². The maximum absolute atomic E-state index is 10.7. The quantitative estimate of drug-likeness (QED) is 0.765. The first-order valence-corrected chi connectivity index (χ1v) is 4.11. The van der Waals surface area contributed by atoms with E-state index in [0.29, 0.717) is 12.0 Å². The number of carbonyl (C=O) groups excluding carboxylic acids is 2.